The van der Waals surface area contributed by atoms with Crippen molar-refractivity contribution in [1.29, 1.82) is 0 Å². The predicted molar refractivity (Wildman–Crippen MR) is 88.3 cm³/mol. The van der Waals surface area contributed by atoms with Crippen LogP contribution in [-0.4, -0.2) is 22.3 Å². The molecule has 3 nitrogen and oxygen atoms in total. The van der Waals surface area contributed by atoms with Crippen molar-refractivity contribution in [2.24, 2.45) is 0 Å². The molecule has 0 aromatic heterocycles. The number of unbranched alkanes of at least 4 members (excludes halogenated alkanes) is 5. The first-order valence-electron chi connectivity index (χ1n) is 8.05. The summed E-state index contributed by atoms with van der Waals surface area (Å²) in [6, 6.07) is 0. The van der Waals surface area contributed by atoms with Gasteiger partial charge in [-0.15, -0.1) is 0 Å². The highest BCUT2D eigenvalue weighted by Crippen LogP contribution is 2.03. The van der Waals surface area contributed by atoms with Gasteiger partial charge in [-0.2, -0.15) is 0 Å². The number of aliphatic carboxylic acids is 1. The molecule has 21 heavy (non-hydrogen) atoms. The molecule has 1 atom stereocenters. The van der Waals surface area contributed by atoms with E-state index in [1.165, 1.54) is 19.3 Å². The van der Waals surface area contributed by atoms with Gasteiger partial charge in [0.05, 0.1) is 6.10 Å². The molecule has 0 aliphatic carbocycles. The lowest BCUT2D eigenvalue weighted by Gasteiger charge is -1.99. The third-order valence-electron chi connectivity index (χ3n) is 3.11. The first-order chi connectivity index (χ1) is 10.2. The predicted octanol–water partition coefficient (Wildman–Crippen LogP) is 4.63. The van der Waals surface area contributed by atoms with E-state index in [9.17, 15) is 9.90 Å². The Hall–Kier alpha value is -1.35. The van der Waals surface area contributed by atoms with E-state index in [1.807, 2.05) is 24.3 Å². The maximum atomic E-state index is 10.3. The minimum atomic E-state index is -0.732. The van der Waals surface area contributed by atoms with Crippen LogP contribution in [0.1, 0.15) is 64.7 Å². The van der Waals surface area contributed by atoms with E-state index in [-0.39, 0.29) is 6.42 Å². The number of carboxylic acids is 1. The summed E-state index contributed by atoms with van der Waals surface area (Å²) < 4.78 is 0. The van der Waals surface area contributed by atoms with Crippen LogP contribution in [0.2, 0.25) is 0 Å². The second-order valence-corrected chi connectivity index (χ2v) is 5.22. The fourth-order valence-electron chi connectivity index (χ4n) is 1.85. The molecule has 0 aromatic carbocycles. The van der Waals surface area contributed by atoms with Crippen molar-refractivity contribution in [3.05, 3.63) is 36.5 Å². The Bertz CT molecular complexity index is 329. The summed E-state index contributed by atoms with van der Waals surface area (Å²) in [4.78, 5) is 10.3. The van der Waals surface area contributed by atoms with Crippen LogP contribution in [0.15, 0.2) is 36.5 Å². The Balaban J connectivity index is 3.56. The maximum Gasteiger partial charge on any atom is 0.303 e. The van der Waals surface area contributed by atoms with Crippen molar-refractivity contribution in [3.63, 3.8) is 0 Å². The van der Waals surface area contributed by atoms with E-state index in [0.717, 1.165) is 25.7 Å². The Morgan fingerprint density at radius 2 is 1.71 bits per heavy atom. The van der Waals surface area contributed by atoms with Crippen LogP contribution in [0.25, 0.3) is 0 Å². The number of hydrogen-bond acceptors (Lipinski definition) is 2. The minimum absolute atomic E-state index is 0.243. The highest BCUT2D eigenvalue weighted by molar-refractivity contribution is 5.66. The van der Waals surface area contributed by atoms with Crippen LogP contribution in [0.5, 0.6) is 0 Å². The highest BCUT2D eigenvalue weighted by Gasteiger charge is 1.94. The van der Waals surface area contributed by atoms with Crippen molar-refractivity contribution in [1.82, 2.24) is 0 Å². The van der Waals surface area contributed by atoms with Gasteiger partial charge in [-0.1, -0.05) is 56.2 Å². The quantitative estimate of drug-likeness (QED) is 0.296. The van der Waals surface area contributed by atoms with Crippen LogP contribution in [0, 0.1) is 0 Å². The second-order valence-electron chi connectivity index (χ2n) is 5.22. The molecule has 0 aromatic rings. The molecule has 0 aliphatic rings. The summed E-state index contributed by atoms with van der Waals surface area (Å²) in [5.74, 6) is -0.732. The molecule has 0 spiro atoms. The molecule has 1 unspecified atom stereocenters. The van der Waals surface area contributed by atoms with Crippen LogP contribution < -0.4 is 0 Å². The topological polar surface area (TPSA) is 57.5 Å². The lowest BCUT2D eigenvalue weighted by molar-refractivity contribution is -0.137. The normalized spacial score (nSPS) is 13.6. The number of aliphatic hydroxyl groups excluding tert-OH is 1. The third kappa shape index (κ3) is 16.6. The summed E-state index contributed by atoms with van der Waals surface area (Å²) >= 11 is 0. The number of rotatable bonds is 13. The third-order valence-corrected chi connectivity index (χ3v) is 3.11. The summed E-state index contributed by atoms with van der Waals surface area (Å²) in [6.45, 7) is 2.19. The Morgan fingerprint density at radius 3 is 2.43 bits per heavy atom. The lowest BCUT2D eigenvalue weighted by atomic mass is 10.1. The molecule has 0 rings (SSSR count). The minimum Gasteiger partial charge on any atom is -0.481 e. The second kappa shape index (κ2) is 15.0. The molecular weight excluding hydrogens is 264 g/mol. The van der Waals surface area contributed by atoms with Gasteiger partial charge in [0.25, 0.3) is 0 Å². The molecule has 0 fully saturated rings. The van der Waals surface area contributed by atoms with Crippen LogP contribution in [0.3, 0.4) is 0 Å². The van der Waals surface area contributed by atoms with E-state index in [2.05, 4.69) is 13.0 Å². The number of carbonyl (C=O) groups is 1. The first kappa shape index (κ1) is 19.7. The van der Waals surface area contributed by atoms with Crippen LogP contribution >= 0.6 is 0 Å². The fraction of sp³-hybridized carbons (Fsp3) is 0.611. The average Bonchev–Trinajstić information content (AvgIpc) is 2.45. The van der Waals surface area contributed by atoms with Gasteiger partial charge in [0, 0.05) is 6.42 Å². The van der Waals surface area contributed by atoms with Crippen molar-refractivity contribution >= 4 is 5.97 Å². The van der Waals surface area contributed by atoms with E-state index < -0.39 is 12.1 Å². The average molecular weight is 294 g/mol. The zero-order chi connectivity index (χ0) is 15.8. The number of hydrogen-bond donors (Lipinski definition) is 2. The van der Waals surface area contributed by atoms with Crippen molar-refractivity contribution in [2.75, 3.05) is 0 Å². The summed E-state index contributed by atoms with van der Waals surface area (Å²) in [6.07, 6.45) is 19.5. The Morgan fingerprint density at radius 1 is 1.00 bits per heavy atom. The number of aliphatic hydroxyl groups is 1. The molecule has 120 valence electrons. The zero-order valence-corrected chi connectivity index (χ0v) is 13.2. The number of carboxylic acid groups (broad SMARTS) is 1. The zero-order valence-electron chi connectivity index (χ0n) is 13.2. The van der Waals surface area contributed by atoms with E-state index in [4.69, 9.17) is 5.11 Å². The van der Waals surface area contributed by atoms with Gasteiger partial charge in [0.1, 0.15) is 0 Å². The van der Waals surface area contributed by atoms with Gasteiger partial charge in [-0.25, -0.2) is 0 Å². The van der Waals surface area contributed by atoms with E-state index in [1.54, 1.807) is 6.08 Å². The monoisotopic (exact) mass is 294 g/mol. The van der Waals surface area contributed by atoms with Crippen molar-refractivity contribution in [3.8, 4) is 0 Å². The van der Waals surface area contributed by atoms with Crippen molar-refractivity contribution in [2.45, 2.75) is 70.8 Å². The van der Waals surface area contributed by atoms with Crippen LogP contribution in [-0.2, 0) is 4.79 Å². The molecule has 0 bridgehead atoms. The molecular formula is C18H30O3. The summed E-state index contributed by atoms with van der Waals surface area (Å²) in [5, 5.41) is 18.2. The first-order valence-corrected chi connectivity index (χ1v) is 8.05. The molecule has 0 aliphatic heterocycles. The largest absolute Gasteiger partial charge is 0.481 e. The van der Waals surface area contributed by atoms with Gasteiger partial charge in [-0.05, 0) is 38.5 Å². The Labute approximate surface area is 129 Å². The molecule has 0 radical (unpaired) electrons. The fourth-order valence-corrected chi connectivity index (χ4v) is 1.85. The highest BCUT2D eigenvalue weighted by atomic mass is 16.4. The molecule has 0 heterocycles. The molecule has 0 amide bonds. The number of allylic oxidation sites excluding steroid dienone is 4. The maximum absolute atomic E-state index is 10.3. The Kier molecular flexibility index (Phi) is 14.1. The van der Waals surface area contributed by atoms with Gasteiger partial charge < -0.3 is 10.2 Å². The SMILES string of the molecule is CCCCC/C=C\CC(O)/C=C/C=C\CCCCC(=O)O. The van der Waals surface area contributed by atoms with Gasteiger partial charge in [-0.3, -0.25) is 4.79 Å². The summed E-state index contributed by atoms with van der Waals surface area (Å²) in [7, 11) is 0. The molecule has 0 saturated carbocycles. The standard InChI is InChI=1S/C18H30O3/c1-2-3-4-5-8-11-14-17(19)15-12-9-6-7-10-13-16-18(20)21/h6,8-9,11-12,15,17,19H,2-5,7,10,13-14,16H2,1H3,(H,20,21)/b9-6-,11-8-,15-12+. The van der Waals surface area contributed by atoms with Gasteiger partial charge in [0.2, 0.25) is 0 Å². The van der Waals surface area contributed by atoms with E-state index in [0.29, 0.717) is 6.42 Å². The van der Waals surface area contributed by atoms with Gasteiger partial charge in [0.15, 0.2) is 0 Å². The lowest BCUT2D eigenvalue weighted by Crippen LogP contribution is -1.98. The molecule has 2 N–H and O–H groups in total. The van der Waals surface area contributed by atoms with E-state index >= 15 is 0 Å². The van der Waals surface area contributed by atoms with Crippen molar-refractivity contribution < 1.29 is 15.0 Å². The molecule has 0 saturated heterocycles. The summed E-state index contributed by atoms with van der Waals surface area (Å²) in [5.41, 5.74) is 0. The van der Waals surface area contributed by atoms with Crippen LogP contribution in [0.4, 0.5) is 0 Å². The molecule has 3 heteroatoms. The van der Waals surface area contributed by atoms with Gasteiger partial charge >= 0.3 is 5.97 Å². The smallest absolute Gasteiger partial charge is 0.303 e.